The normalized spacial score (nSPS) is 7.64. The second-order valence-corrected chi connectivity index (χ2v) is 1.69. The second-order valence-electron chi connectivity index (χ2n) is 1.69. The first kappa shape index (κ1) is 9.69. The molecular formula is C6H7ClN4. The quantitative estimate of drug-likeness (QED) is 0.480. The minimum absolute atomic E-state index is 0. The molecule has 0 saturated heterocycles. The van der Waals surface area contributed by atoms with E-state index >= 15 is 0 Å². The molecule has 1 rings (SSSR count). The molecule has 1 aromatic heterocycles. The van der Waals surface area contributed by atoms with Gasteiger partial charge in [-0.15, -0.1) is 12.4 Å². The van der Waals surface area contributed by atoms with Gasteiger partial charge in [-0.05, 0) is 12.1 Å². The van der Waals surface area contributed by atoms with Crippen LogP contribution in [0.1, 0.15) is 5.56 Å². The summed E-state index contributed by atoms with van der Waals surface area (Å²) in [5.41, 5.74) is 2.88. The number of hydrogen-bond acceptors (Lipinski definition) is 4. The van der Waals surface area contributed by atoms with E-state index in [-0.39, 0.29) is 12.4 Å². The van der Waals surface area contributed by atoms with E-state index in [1.54, 1.807) is 12.1 Å². The lowest BCUT2D eigenvalue weighted by Gasteiger charge is -1.95. The monoisotopic (exact) mass is 170 g/mol. The standard InChI is InChI=1S/C6H6N4.ClH/c7-4-5-1-2-9-6(3-5)10-8;/h1-3H,8H2,(H,9,10);1H. The van der Waals surface area contributed by atoms with Crippen LogP contribution in [0, 0.1) is 11.3 Å². The van der Waals surface area contributed by atoms with Gasteiger partial charge in [0, 0.05) is 6.20 Å². The Bertz CT molecular complexity index is 268. The third kappa shape index (κ3) is 2.42. The van der Waals surface area contributed by atoms with Gasteiger partial charge in [0.2, 0.25) is 0 Å². The van der Waals surface area contributed by atoms with Crippen LogP contribution in [0.3, 0.4) is 0 Å². The summed E-state index contributed by atoms with van der Waals surface area (Å²) < 4.78 is 0. The predicted molar refractivity (Wildman–Crippen MR) is 44.0 cm³/mol. The summed E-state index contributed by atoms with van der Waals surface area (Å²) in [5, 5.41) is 8.41. The fourth-order valence-corrected chi connectivity index (χ4v) is 0.579. The Morgan fingerprint density at radius 3 is 2.91 bits per heavy atom. The van der Waals surface area contributed by atoms with Crippen LogP contribution in [0.4, 0.5) is 5.82 Å². The molecule has 0 aliphatic carbocycles. The number of halogens is 1. The maximum absolute atomic E-state index is 8.41. The molecule has 0 atom stereocenters. The molecular weight excluding hydrogens is 164 g/mol. The van der Waals surface area contributed by atoms with E-state index in [1.807, 2.05) is 6.07 Å². The van der Waals surface area contributed by atoms with Gasteiger partial charge in [0.15, 0.2) is 0 Å². The Kier molecular flexibility index (Phi) is 3.96. The van der Waals surface area contributed by atoms with Gasteiger partial charge in [0.25, 0.3) is 0 Å². The zero-order valence-corrected chi connectivity index (χ0v) is 6.43. The molecule has 0 fully saturated rings. The summed E-state index contributed by atoms with van der Waals surface area (Å²) in [5.74, 6) is 5.55. The van der Waals surface area contributed by atoms with Crippen molar-refractivity contribution in [2.24, 2.45) is 5.84 Å². The number of pyridine rings is 1. The Hall–Kier alpha value is -1.31. The third-order valence-electron chi connectivity index (χ3n) is 1.04. The lowest BCUT2D eigenvalue weighted by atomic mass is 10.3. The van der Waals surface area contributed by atoms with Crippen molar-refractivity contribution in [1.82, 2.24) is 4.98 Å². The summed E-state index contributed by atoms with van der Waals surface area (Å²) in [7, 11) is 0. The number of aromatic nitrogens is 1. The Morgan fingerprint density at radius 2 is 2.36 bits per heavy atom. The van der Waals surface area contributed by atoms with Crippen molar-refractivity contribution in [3.63, 3.8) is 0 Å². The van der Waals surface area contributed by atoms with Crippen LogP contribution in [0.5, 0.6) is 0 Å². The molecule has 0 saturated carbocycles. The molecule has 0 unspecified atom stereocenters. The number of anilines is 1. The fourth-order valence-electron chi connectivity index (χ4n) is 0.579. The van der Waals surface area contributed by atoms with Gasteiger partial charge in [-0.1, -0.05) is 0 Å². The number of hydrazine groups is 1. The maximum Gasteiger partial charge on any atom is 0.141 e. The van der Waals surface area contributed by atoms with E-state index in [4.69, 9.17) is 11.1 Å². The molecule has 3 N–H and O–H groups in total. The molecule has 0 radical (unpaired) electrons. The molecule has 0 aliphatic heterocycles. The highest BCUT2D eigenvalue weighted by Gasteiger charge is 1.91. The molecule has 11 heavy (non-hydrogen) atoms. The smallest absolute Gasteiger partial charge is 0.141 e. The van der Waals surface area contributed by atoms with Crippen molar-refractivity contribution in [1.29, 1.82) is 5.26 Å². The topological polar surface area (TPSA) is 74.7 Å². The van der Waals surface area contributed by atoms with Crippen LogP contribution in [0.2, 0.25) is 0 Å². The number of hydrogen-bond donors (Lipinski definition) is 2. The van der Waals surface area contributed by atoms with Gasteiger partial charge in [0.05, 0.1) is 11.6 Å². The van der Waals surface area contributed by atoms with E-state index in [0.29, 0.717) is 11.4 Å². The molecule has 1 aromatic rings. The fraction of sp³-hybridized carbons (Fsp3) is 0. The molecule has 0 spiro atoms. The molecule has 58 valence electrons. The van der Waals surface area contributed by atoms with Crippen molar-refractivity contribution in [3.8, 4) is 6.07 Å². The number of nitrogens with two attached hydrogens (primary N) is 1. The minimum atomic E-state index is 0. The largest absolute Gasteiger partial charge is 0.308 e. The number of nitriles is 1. The lowest BCUT2D eigenvalue weighted by Crippen LogP contribution is -2.08. The zero-order valence-electron chi connectivity index (χ0n) is 5.61. The van der Waals surface area contributed by atoms with Crippen molar-refractivity contribution < 1.29 is 0 Å². The zero-order chi connectivity index (χ0) is 7.40. The number of nitrogen functional groups attached to an aromatic ring is 1. The summed E-state index contributed by atoms with van der Waals surface area (Å²) >= 11 is 0. The van der Waals surface area contributed by atoms with Gasteiger partial charge in [-0.2, -0.15) is 5.26 Å². The SMILES string of the molecule is Cl.N#Cc1ccnc(NN)c1. The Morgan fingerprint density at radius 1 is 1.64 bits per heavy atom. The number of nitrogens with zero attached hydrogens (tertiary/aromatic N) is 2. The van der Waals surface area contributed by atoms with Crippen molar-refractivity contribution in [2.45, 2.75) is 0 Å². The summed E-state index contributed by atoms with van der Waals surface area (Å²) in [6, 6.07) is 5.15. The molecule has 0 aromatic carbocycles. The molecule has 0 amide bonds. The van der Waals surface area contributed by atoms with E-state index in [9.17, 15) is 0 Å². The number of nitrogens with one attached hydrogen (secondary N) is 1. The van der Waals surface area contributed by atoms with Gasteiger partial charge in [-0.3, -0.25) is 0 Å². The summed E-state index contributed by atoms with van der Waals surface area (Å²) in [6.07, 6.45) is 1.52. The van der Waals surface area contributed by atoms with Gasteiger partial charge in [0.1, 0.15) is 5.82 Å². The van der Waals surface area contributed by atoms with Crippen LogP contribution in [0.15, 0.2) is 18.3 Å². The highest BCUT2D eigenvalue weighted by Crippen LogP contribution is 2.02. The molecule has 4 nitrogen and oxygen atoms in total. The van der Waals surface area contributed by atoms with Gasteiger partial charge >= 0.3 is 0 Å². The van der Waals surface area contributed by atoms with Crippen LogP contribution in [0.25, 0.3) is 0 Å². The van der Waals surface area contributed by atoms with Crippen molar-refractivity contribution in [2.75, 3.05) is 5.43 Å². The second kappa shape index (κ2) is 4.50. The first-order chi connectivity index (χ1) is 4.86. The van der Waals surface area contributed by atoms with E-state index in [2.05, 4.69) is 10.4 Å². The van der Waals surface area contributed by atoms with Crippen LogP contribution in [-0.2, 0) is 0 Å². The molecule has 0 aliphatic rings. The average molecular weight is 171 g/mol. The molecule has 1 heterocycles. The van der Waals surface area contributed by atoms with Gasteiger partial charge < -0.3 is 5.43 Å². The first-order valence-corrected chi connectivity index (χ1v) is 2.69. The molecule has 5 heteroatoms. The maximum atomic E-state index is 8.41. The Labute approximate surface area is 70.4 Å². The van der Waals surface area contributed by atoms with Crippen LogP contribution < -0.4 is 11.3 Å². The average Bonchev–Trinajstić information content (AvgIpc) is 2.05. The van der Waals surface area contributed by atoms with E-state index < -0.39 is 0 Å². The molecule has 0 bridgehead atoms. The van der Waals surface area contributed by atoms with E-state index in [1.165, 1.54) is 6.20 Å². The van der Waals surface area contributed by atoms with Crippen molar-refractivity contribution in [3.05, 3.63) is 23.9 Å². The van der Waals surface area contributed by atoms with E-state index in [0.717, 1.165) is 0 Å². The van der Waals surface area contributed by atoms with Gasteiger partial charge in [-0.25, -0.2) is 10.8 Å². The van der Waals surface area contributed by atoms with Crippen molar-refractivity contribution >= 4 is 18.2 Å². The number of rotatable bonds is 1. The van der Waals surface area contributed by atoms with Crippen LogP contribution in [-0.4, -0.2) is 4.98 Å². The first-order valence-electron chi connectivity index (χ1n) is 2.69. The summed E-state index contributed by atoms with van der Waals surface area (Å²) in [6.45, 7) is 0. The lowest BCUT2D eigenvalue weighted by molar-refractivity contribution is 1.22. The van der Waals surface area contributed by atoms with Crippen LogP contribution >= 0.6 is 12.4 Å². The highest BCUT2D eigenvalue weighted by atomic mass is 35.5. The highest BCUT2D eigenvalue weighted by molar-refractivity contribution is 5.85. The summed E-state index contributed by atoms with van der Waals surface area (Å²) in [4.78, 5) is 3.82. The predicted octanol–water partition coefficient (Wildman–Crippen LogP) is 0.661. The minimum Gasteiger partial charge on any atom is -0.308 e. The Balaban J connectivity index is 0.000001000. The third-order valence-corrected chi connectivity index (χ3v) is 1.04.